The summed E-state index contributed by atoms with van der Waals surface area (Å²) in [5.41, 5.74) is 6.79. The number of carbonyl (C=O) groups excluding carboxylic acids is 3. The number of benzene rings is 2. The number of Topliss-reactive ketones (excluding diaryl/α,β-unsaturated/α-hetero) is 2. The summed E-state index contributed by atoms with van der Waals surface area (Å²) >= 11 is 0. The molecule has 0 bridgehead atoms. The molecule has 1 unspecified atom stereocenters. The van der Waals surface area contributed by atoms with E-state index in [4.69, 9.17) is 10.5 Å². The average molecular weight is 531 g/mol. The van der Waals surface area contributed by atoms with E-state index in [1.807, 2.05) is 6.08 Å². The summed E-state index contributed by atoms with van der Waals surface area (Å²) in [6.07, 6.45) is 4.47. The molecule has 3 aliphatic rings. The van der Waals surface area contributed by atoms with E-state index in [9.17, 15) is 34.6 Å². The third kappa shape index (κ3) is 4.18. The quantitative estimate of drug-likeness (QED) is 0.320. The fourth-order valence-electron chi connectivity index (χ4n) is 6.11. The second kappa shape index (κ2) is 9.86. The van der Waals surface area contributed by atoms with E-state index < -0.39 is 52.3 Å². The Kier molecular flexibility index (Phi) is 6.55. The molecule has 5 rings (SSSR count). The van der Waals surface area contributed by atoms with Crippen LogP contribution in [0.1, 0.15) is 35.1 Å². The fourth-order valence-corrected chi connectivity index (χ4v) is 6.11. The number of phenols is 1. The number of nitroso groups, excluding NO2 is 1. The highest BCUT2D eigenvalue weighted by molar-refractivity contribution is 6.21. The zero-order chi connectivity index (χ0) is 28.0. The Balaban J connectivity index is 1.55. The SMILES string of the molecule is COc1cccc(C/C=C\c2ccc(N=O)c3c2C[C@H]2C[C@H]4CC(=O)C(C(N)=O)=C(O)C4C(=O)C2=C3O)c1O. The van der Waals surface area contributed by atoms with Crippen LogP contribution < -0.4 is 10.5 Å². The topological polar surface area (TPSA) is 177 Å². The van der Waals surface area contributed by atoms with Crippen LogP contribution in [0.5, 0.6) is 11.5 Å². The van der Waals surface area contributed by atoms with Crippen molar-refractivity contribution in [1.82, 2.24) is 0 Å². The van der Waals surface area contributed by atoms with Gasteiger partial charge in [0, 0.05) is 23.1 Å². The summed E-state index contributed by atoms with van der Waals surface area (Å²) in [5, 5.41) is 35.4. The molecular weight excluding hydrogens is 504 g/mol. The molecule has 3 atom stereocenters. The smallest absolute Gasteiger partial charge is 0.255 e. The Morgan fingerprint density at radius 2 is 1.92 bits per heavy atom. The van der Waals surface area contributed by atoms with Crippen LogP contribution in [-0.4, -0.2) is 39.9 Å². The van der Waals surface area contributed by atoms with Gasteiger partial charge in [-0.25, -0.2) is 0 Å². The van der Waals surface area contributed by atoms with E-state index in [0.717, 1.165) is 0 Å². The molecule has 0 saturated heterocycles. The molecule has 1 saturated carbocycles. The molecule has 0 aromatic heterocycles. The Morgan fingerprint density at radius 3 is 2.62 bits per heavy atom. The number of fused-ring (bicyclic) bond motifs is 3. The standard InChI is InChI=1S/C29H26N2O8/c1-39-20-7-3-6-14(25(20)33)5-2-4-13-8-9-18(31-38)23-17(13)11-15-10-16-12-19(32)24(29(30)37)28(36)22(16)26(34)21(15)27(23)35/h2-4,6-9,15-16,22,33,35-36H,5,10-12H2,1H3,(H2,30,37)/b4-2-/t15-,16+,22?/m1/s1. The van der Waals surface area contributed by atoms with Gasteiger partial charge in [-0.3, -0.25) is 14.4 Å². The number of nitrogens with two attached hydrogens (primary N) is 1. The van der Waals surface area contributed by atoms with Crippen molar-refractivity contribution in [2.45, 2.75) is 25.7 Å². The van der Waals surface area contributed by atoms with E-state index in [0.29, 0.717) is 41.7 Å². The van der Waals surface area contributed by atoms with Crippen molar-refractivity contribution in [2.24, 2.45) is 28.7 Å². The number of ether oxygens (including phenoxy) is 1. The predicted octanol–water partition coefficient (Wildman–Crippen LogP) is 3.97. The lowest BCUT2D eigenvalue weighted by molar-refractivity contribution is -0.127. The monoisotopic (exact) mass is 530 g/mol. The summed E-state index contributed by atoms with van der Waals surface area (Å²) in [7, 11) is 1.47. The van der Waals surface area contributed by atoms with Gasteiger partial charge < -0.3 is 25.8 Å². The number of rotatable bonds is 6. The van der Waals surface area contributed by atoms with Crippen LogP contribution in [0, 0.1) is 22.7 Å². The zero-order valence-electron chi connectivity index (χ0n) is 21.0. The van der Waals surface area contributed by atoms with Crippen molar-refractivity contribution in [3.8, 4) is 11.5 Å². The van der Waals surface area contributed by atoms with Gasteiger partial charge in [0.1, 0.15) is 22.8 Å². The van der Waals surface area contributed by atoms with E-state index in [2.05, 4.69) is 5.18 Å². The number of allylic oxidation sites excluding steroid dienone is 3. The summed E-state index contributed by atoms with van der Waals surface area (Å²) in [4.78, 5) is 49.5. The first-order valence-corrected chi connectivity index (χ1v) is 12.4. The third-order valence-electron chi connectivity index (χ3n) is 7.84. The normalized spacial score (nSPS) is 22.4. The molecular formula is C29H26N2O8. The first-order valence-electron chi connectivity index (χ1n) is 12.4. The number of carbonyl (C=O) groups is 3. The van der Waals surface area contributed by atoms with Gasteiger partial charge in [0.2, 0.25) is 0 Å². The number of aliphatic hydroxyl groups excluding tert-OH is 2. The molecule has 5 N–H and O–H groups in total. The molecule has 0 aliphatic heterocycles. The predicted molar refractivity (Wildman–Crippen MR) is 141 cm³/mol. The minimum Gasteiger partial charge on any atom is -0.511 e. The Bertz CT molecular complexity index is 1530. The lowest BCUT2D eigenvalue weighted by Crippen LogP contribution is -2.44. The van der Waals surface area contributed by atoms with Crippen molar-refractivity contribution >= 4 is 35.0 Å². The summed E-state index contributed by atoms with van der Waals surface area (Å²) in [6, 6.07) is 8.32. The largest absolute Gasteiger partial charge is 0.511 e. The summed E-state index contributed by atoms with van der Waals surface area (Å²) < 4.78 is 5.15. The minimum atomic E-state index is -1.17. The maximum Gasteiger partial charge on any atom is 0.255 e. The maximum absolute atomic E-state index is 13.6. The lowest BCUT2D eigenvalue weighted by Gasteiger charge is -2.41. The molecule has 2 aromatic carbocycles. The van der Waals surface area contributed by atoms with Crippen LogP contribution in [0.15, 0.2) is 58.5 Å². The molecule has 3 aliphatic carbocycles. The van der Waals surface area contributed by atoms with Gasteiger partial charge in [-0.15, -0.1) is 4.91 Å². The molecule has 200 valence electrons. The lowest BCUT2D eigenvalue weighted by atomic mass is 9.61. The first kappa shape index (κ1) is 25.9. The fraction of sp³-hybridized carbons (Fsp3) is 0.276. The number of primary amides is 1. The summed E-state index contributed by atoms with van der Waals surface area (Å²) in [5.74, 6) is -5.20. The van der Waals surface area contributed by atoms with E-state index in [1.165, 1.54) is 13.2 Å². The second-order valence-corrected chi connectivity index (χ2v) is 9.95. The van der Waals surface area contributed by atoms with Crippen LogP contribution in [-0.2, 0) is 27.2 Å². The number of ketones is 2. The Labute approximate surface area is 223 Å². The number of hydrogen-bond donors (Lipinski definition) is 4. The number of aliphatic hydroxyl groups is 2. The number of hydrogen-bond acceptors (Lipinski definition) is 9. The highest BCUT2D eigenvalue weighted by atomic mass is 16.5. The van der Waals surface area contributed by atoms with E-state index in [1.54, 1.807) is 30.3 Å². The first-order chi connectivity index (χ1) is 18.7. The average Bonchev–Trinajstić information content (AvgIpc) is 2.89. The van der Waals surface area contributed by atoms with Gasteiger partial charge in [0.15, 0.2) is 23.1 Å². The van der Waals surface area contributed by atoms with Crippen LogP contribution >= 0.6 is 0 Å². The molecule has 2 aromatic rings. The molecule has 39 heavy (non-hydrogen) atoms. The van der Waals surface area contributed by atoms with Crippen LogP contribution in [0.3, 0.4) is 0 Å². The minimum absolute atomic E-state index is 0.0338. The molecule has 10 heteroatoms. The van der Waals surface area contributed by atoms with Gasteiger partial charge in [0.25, 0.3) is 5.91 Å². The number of aromatic hydroxyl groups is 1. The Morgan fingerprint density at radius 1 is 1.15 bits per heavy atom. The van der Waals surface area contributed by atoms with Crippen molar-refractivity contribution in [3.05, 3.63) is 80.5 Å². The molecule has 0 spiro atoms. The highest BCUT2D eigenvalue weighted by Crippen LogP contribution is 2.50. The van der Waals surface area contributed by atoms with Gasteiger partial charge >= 0.3 is 0 Å². The number of nitrogens with zero attached hydrogens (tertiary/aromatic N) is 1. The van der Waals surface area contributed by atoms with Gasteiger partial charge in [-0.1, -0.05) is 30.4 Å². The van der Waals surface area contributed by atoms with Gasteiger partial charge in [-0.2, -0.15) is 0 Å². The van der Waals surface area contributed by atoms with Crippen molar-refractivity contribution < 1.29 is 34.4 Å². The number of methoxy groups -OCH3 is 1. The van der Waals surface area contributed by atoms with Crippen LogP contribution in [0.25, 0.3) is 11.8 Å². The highest BCUT2D eigenvalue weighted by Gasteiger charge is 2.50. The third-order valence-corrected chi connectivity index (χ3v) is 7.84. The number of phenolic OH excluding ortho intramolecular Hbond substituents is 1. The zero-order valence-corrected chi connectivity index (χ0v) is 21.0. The van der Waals surface area contributed by atoms with Crippen LogP contribution in [0.2, 0.25) is 0 Å². The second-order valence-electron chi connectivity index (χ2n) is 9.95. The molecule has 1 amide bonds. The molecule has 10 nitrogen and oxygen atoms in total. The number of amides is 1. The van der Waals surface area contributed by atoms with Crippen molar-refractivity contribution in [3.63, 3.8) is 0 Å². The van der Waals surface area contributed by atoms with Crippen molar-refractivity contribution in [2.75, 3.05) is 7.11 Å². The molecule has 1 fully saturated rings. The van der Waals surface area contributed by atoms with Crippen molar-refractivity contribution in [1.29, 1.82) is 0 Å². The van der Waals surface area contributed by atoms with E-state index >= 15 is 0 Å². The number of para-hydroxylation sites is 1. The summed E-state index contributed by atoms with van der Waals surface area (Å²) in [6.45, 7) is 0. The Hall–Kier alpha value is -4.73. The van der Waals surface area contributed by atoms with E-state index in [-0.39, 0.29) is 29.0 Å². The molecule has 0 radical (unpaired) electrons. The van der Waals surface area contributed by atoms with Gasteiger partial charge in [0.05, 0.1) is 13.0 Å². The van der Waals surface area contributed by atoms with Gasteiger partial charge in [-0.05, 0) is 59.5 Å². The maximum atomic E-state index is 13.6. The molecule has 0 heterocycles. The van der Waals surface area contributed by atoms with Crippen LogP contribution in [0.4, 0.5) is 5.69 Å².